The van der Waals surface area contributed by atoms with Crippen LogP contribution >= 0.6 is 0 Å². The molecule has 4 rings (SSSR count). The fourth-order valence-corrected chi connectivity index (χ4v) is 4.43. The lowest BCUT2D eigenvalue weighted by Gasteiger charge is -2.42. The molecule has 6 nitrogen and oxygen atoms in total. The van der Waals surface area contributed by atoms with Gasteiger partial charge in [0.25, 0.3) is 0 Å². The van der Waals surface area contributed by atoms with Gasteiger partial charge in [-0.05, 0) is 38.5 Å². The summed E-state index contributed by atoms with van der Waals surface area (Å²) in [6.45, 7) is 6.86. The van der Waals surface area contributed by atoms with E-state index in [4.69, 9.17) is 4.74 Å². The van der Waals surface area contributed by atoms with Crippen molar-refractivity contribution >= 4 is 11.8 Å². The van der Waals surface area contributed by atoms with Crippen molar-refractivity contribution < 1.29 is 14.3 Å². The zero-order valence-corrected chi connectivity index (χ0v) is 15.9. The number of likely N-dealkylation sites (tertiary alicyclic amines) is 1. The van der Waals surface area contributed by atoms with Crippen molar-refractivity contribution in [1.82, 2.24) is 14.7 Å². The van der Waals surface area contributed by atoms with Gasteiger partial charge < -0.3 is 14.5 Å². The molecule has 4 aliphatic rings. The van der Waals surface area contributed by atoms with E-state index in [2.05, 4.69) is 14.7 Å². The molecule has 0 spiro atoms. The van der Waals surface area contributed by atoms with Crippen molar-refractivity contribution in [3.63, 3.8) is 0 Å². The van der Waals surface area contributed by atoms with E-state index in [1.54, 1.807) is 0 Å². The third-order valence-electron chi connectivity index (χ3n) is 6.57. The van der Waals surface area contributed by atoms with Crippen LogP contribution in [0.1, 0.15) is 44.9 Å². The number of piperidine rings is 1. The lowest BCUT2D eigenvalue weighted by atomic mass is 9.84. The highest BCUT2D eigenvalue weighted by atomic mass is 16.5. The molecule has 0 bridgehead atoms. The first kappa shape index (κ1) is 18.2. The van der Waals surface area contributed by atoms with Crippen LogP contribution in [0.5, 0.6) is 0 Å². The smallest absolute Gasteiger partial charge is 0.226 e. The molecule has 6 heteroatoms. The van der Waals surface area contributed by atoms with Crippen molar-refractivity contribution in [3.8, 4) is 0 Å². The van der Waals surface area contributed by atoms with Crippen LogP contribution in [-0.4, -0.2) is 85.0 Å². The quantitative estimate of drug-likeness (QED) is 0.715. The normalized spacial score (nSPS) is 27.8. The molecule has 2 aliphatic carbocycles. The molecule has 0 aromatic heterocycles. The summed E-state index contributed by atoms with van der Waals surface area (Å²) >= 11 is 0. The van der Waals surface area contributed by atoms with Gasteiger partial charge in [0.2, 0.25) is 11.8 Å². The van der Waals surface area contributed by atoms with E-state index in [0.717, 1.165) is 91.0 Å². The number of hydrogen-bond donors (Lipinski definition) is 0. The molecular weight excluding hydrogens is 330 g/mol. The average molecular weight is 364 g/mol. The van der Waals surface area contributed by atoms with Gasteiger partial charge in [0, 0.05) is 57.1 Å². The van der Waals surface area contributed by atoms with Gasteiger partial charge in [0.15, 0.2) is 0 Å². The van der Waals surface area contributed by atoms with Crippen molar-refractivity contribution in [2.75, 3.05) is 52.5 Å². The van der Waals surface area contributed by atoms with Gasteiger partial charge in [-0.2, -0.15) is 0 Å². The molecule has 0 aromatic rings. The maximum absolute atomic E-state index is 12.9. The number of carbonyl (C=O) groups is 2. The number of nitrogens with zero attached hydrogens (tertiary/aromatic N) is 3. The highest BCUT2D eigenvalue weighted by Crippen LogP contribution is 2.33. The number of hydrogen-bond acceptors (Lipinski definition) is 4. The molecule has 1 atom stereocenters. The van der Waals surface area contributed by atoms with Crippen LogP contribution in [0.2, 0.25) is 0 Å². The minimum atomic E-state index is 0.210. The summed E-state index contributed by atoms with van der Waals surface area (Å²) in [7, 11) is 0. The monoisotopic (exact) mass is 363 g/mol. The number of amides is 2. The number of carbonyl (C=O) groups excluding carboxylic acids is 2. The second-order valence-electron chi connectivity index (χ2n) is 8.47. The second kappa shape index (κ2) is 8.26. The third kappa shape index (κ3) is 4.22. The summed E-state index contributed by atoms with van der Waals surface area (Å²) in [4.78, 5) is 32.2. The first-order valence-corrected chi connectivity index (χ1v) is 10.6. The van der Waals surface area contributed by atoms with Gasteiger partial charge in [-0.1, -0.05) is 6.42 Å². The van der Waals surface area contributed by atoms with E-state index in [1.807, 2.05) is 0 Å². The fourth-order valence-electron chi connectivity index (χ4n) is 4.43. The predicted molar refractivity (Wildman–Crippen MR) is 98.6 cm³/mol. The van der Waals surface area contributed by atoms with Crippen LogP contribution in [0.15, 0.2) is 0 Å². The summed E-state index contributed by atoms with van der Waals surface area (Å²) in [6, 6.07) is 0.210. The molecule has 2 aliphatic heterocycles. The molecule has 0 radical (unpaired) electrons. The van der Waals surface area contributed by atoms with Gasteiger partial charge >= 0.3 is 0 Å². The van der Waals surface area contributed by atoms with Crippen LogP contribution in [-0.2, 0) is 14.3 Å². The van der Waals surface area contributed by atoms with Crippen LogP contribution in [0.3, 0.4) is 0 Å². The summed E-state index contributed by atoms with van der Waals surface area (Å²) < 4.78 is 5.43. The molecule has 2 saturated carbocycles. The van der Waals surface area contributed by atoms with Gasteiger partial charge in [-0.25, -0.2) is 0 Å². The minimum absolute atomic E-state index is 0.210. The van der Waals surface area contributed by atoms with Gasteiger partial charge in [-0.15, -0.1) is 0 Å². The second-order valence-corrected chi connectivity index (χ2v) is 8.47. The Morgan fingerprint density at radius 2 is 1.69 bits per heavy atom. The fraction of sp³-hybridized carbons (Fsp3) is 0.900. The Hall–Kier alpha value is -1.14. The van der Waals surface area contributed by atoms with Crippen molar-refractivity contribution in [3.05, 3.63) is 0 Å². The molecule has 26 heavy (non-hydrogen) atoms. The number of morpholine rings is 1. The van der Waals surface area contributed by atoms with E-state index in [0.29, 0.717) is 11.8 Å². The van der Waals surface area contributed by atoms with Crippen molar-refractivity contribution in [2.24, 2.45) is 11.8 Å². The predicted octanol–water partition coefficient (Wildman–Crippen LogP) is 1.35. The van der Waals surface area contributed by atoms with E-state index in [1.165, 1.54) is 6.42 Å². The molecule has 146 valence electrons. The van der Waals surface area contributed by atoms with Crippen LogP contribution in [0.4, 0.5) is 0 Å². The maximum atomic E-state index is 12.9. The summed E-state index contributed by atoms with van der Waals surface area (Å²) in [6.07, 6.45) is 7.46. The largest absolute Gasteiger partial charge is 0.379 e. The summed E-state index contributed by atoms with van der Waals surface area (Å²) in [5.41, 5.74) is 0. The minimum Gasteiger partial charge on any atom is -0.379 e. The lowest BCUT2D eigenvalue weighted by molar-refractivity contribution is -0.144. The Labute approximate surface area is 156 Å². The summed E-state index contributed by atoms with van der Waals surface area (Å²) in [5.74, 6) is 1.18. The zero-order chi connectivity index (χ0) is 17.9. The molecule has 0 N–H and O–H groups in total. The number of rotatable bonds is 6. The average Bonchev–Trinajstić information content (AvgIpc) is 3.46. The first-order valence-electron chi connectivity index (χ1n) is 10.6. The SMILES string of the molecule is O=C(C1CCC1)N1CCCC(N(CCN2CCOCC2)C(=O)C2CC2)C1. The van der Waals surface area contributed by atoms with E-state index in [9.17, 15) is 9.59 Å². The topological polar surface area (TPSA) is 53.1 Å². The molecule has 1 unspecified atom stereocenters. The van der Waals surface area contributed by atoms with Crippen molar-refractivity contribution in [1.29, 1.82) is 0 Å². The first-order chi connectivity index (χ1) is 12.7. The van der Waals surface area contributed by atoms with Gasteiger partial charge in [-0.3, -0.25) is 14.5 Å². The van der Waals surface area contributed by atoms with E-state index >= 15 is 0 Å². The van der Waals surface area contributed by atoms with Crippen LogP contribution in [0.25, 0.3) is 0 Å². The lowest BCUT2D eigenvalue weighted by Crippen LogP contribution is -2.55. The van der Waals surface area contributed by atoms with E-state index < -0.39 is 0 Å². The Balaban J connectivity index is 1.37. The molecule has 2 amide bonds. The summed E-state index contributed by atoms with van der Waals surface area (Å²) in [5, 5.41) is 0. The Kier molecular flexibility index (Phi) is 5.79. The van der Waals surface area contributed by atoms with Gasteiger partial charge in [0.1, 0.15) is 0 Å². The molecular formula is C20H33N3O3. The maximum Gasteiger partial charge on any atom is 0.226 e. The number of ether oxygens (including phenoxy) is 1. The van der Waals surface area contributed by atoms with E-state index in [-0.39, 0.29) is 17.9 Å². The Morgan fingerprint density at radius 1 is 0.923 bits per heavy atom. The highest BCUT2D eigenvalue weighted by molar-refractivity contribution is 5.82. The molecule has 4 fully saturated rings. The Bertz CT molecular complexity index is 512. The van der Waals surface area contributed by atoms with Crippen LogP contribution in [0, 0.1) is 11.8 Å². The Morgan fingerprint density at radius 3 is 2.35 bits per heavy atom. The zero-order valence-electron chi connectivity index (χ0n) is 15.9. The molecule has 2 heterocycles. The van der Waals surface area contributed by atoms with Crippen molar-refractivity contribution in [2.45, 2.75) is 51.0 Å². The standard InChI is InChI=1S/C20H33N3O3/c24-19(16-3-1-4-16)22-8-2-5-18(15-22)23(20(25)17-6-7-17)10-9-21-11-13-26-14-12-21/h16-18H,1-15H2. The molecule has 0 aromatic carbocycles. The highest BCUT2D eigenvalue weighted by Gasteiger charge is 2.39. The third-order valence-corrected chi connectivity index (χ3v) is 6.57. The van der Waals surface area contributed by atoms with Crippen LogP contribution < -0.4 is 0 Å². The molecule has 2 saturated heterocycles. The van der Waals surface area contributed by atoms with Gasteiger partial charge in [0.05, 0.1) is 13.2 Å².